The van der Waals surface area contributed by atoms with Crippen LogP contribution in [0.3, 0.4) is 0 Å². The normalized spacial score (nSPS) is 12.5. The summed E-state index contributed by atoms with van der Waals surface area (Å²) in [6.45, 7) is 1.78. The molecular formula is C21H25NO4. The summed E-state index contributed by atoms with van der Waals surface area (Å²) in [5.41, 5.74) is 1.47. The number of benzene rings is 1. The van der Waals surface area contributed by atoms with Gasteiger partial charge in [0.15, 0.2) is 5.76 Å². The minimum atomic E-state index is -0.520. The number of unbranched alkanes of at least 4 members (excludes halogenated alkanes) is 3. The lowest BCUT2D eigenvalue weighted by Crippen LogP contribution is -2.10. The Kier molecular flexibility index (Phi) is 5.78. The molecule has 0 bridgehead atoms. The van der Waals surface area contributed by atoms with Gasteiger partial charge in [-0.15, -0.1) is 0 Å². The van der Waals surface area contributed by atoms with E-state index in [0.29, 0.717) is 0 Å². The third kappa shape index (κ3) is 3.68. The molecule has 1 aromatic carbocycles. The Bertz CT molecular complexity index is 925. The number of aliphatic hydroxyl groups is 1. The molecule has 2 heterocycles. The molecule has 0 saturated heterocycles. The van der Waals surface area contributed by atoms with Gasteiger partial charge >= 0.3 is 0 Å². The molecule has 1 atom stereocenters. The number of H-pyrrole nitrogens is 1. The minimum Gasteiger partial charge on any atom is -0.502 e. The van der Waals surface area contributed by atoms with Crippen molar-refractivity contribution < 1.29 is 14.6 Å². The van der Waals surface area contributed by atoms with Gasteiger partial charge in [0.05, 0.1) is 0 Å². The zero-order chi connectivity index (χ0) is 18.5. The van der Waals surface area contributed by atoms with Gasteiger partial charge in [0, 0.05) is 29.1 Å². The van der Waals surface area contributed by atoms with E-state index in [4.69, 9.17) is 4.42 Å². The lowest BCUT2D eigenvalue weighted by molar-refractivity contribution is 0.233. The molecule has 2 aromatic heterocycles. The van der Waals surface area contributed by atoms with E-state index >= 15 is 0 Å². The maximum Gasteiger partial charge on any atom is 0.227 e. The van der Waals surface area contributed by atoms with Crippen molar-refractivity contribution in [2.75, 3.05) is 0 Å². The summed E-state index contributed by atoms with van der Waals surface area (Å²) in [7, 11) is 0. The first-order chi connectivity index (χ1) is 12.7. The largest absolute Gasteiger partial charge is 0.502 e. The van der Waals surface area contributed by atoms with Crippen LogP contribution in [-0.2, 0) is 6.61 Å². The quantitative estimate of drug-likeness (QED) is 0.522. The fourth-order valence-electron chi connectivity index (χ4n) is 3.45. The number of rotatable bonds is 8. The predicted octanol–water partition coefficient (Wildman–Crippen LogP) is 4.42. The molecule has 5 nitrogen and oxygen atoms in total. The van der Waals surface area contributed by atoms with Crippen molar-refractivity contribution in [3.05, 3.63) is 63.8 Å². The van der Waals surface area contributed by atoms with Crippen LogP contribution in [0.4, 0.5) is 0 Å². The van der Waals surface area contributed by atoms with E-state index < -0.39 is 5.43 Å². The monoisotopic (exact) mass is 355 g/mol. The lowest BCUT2D eigenvalue weighted by atomic mass is 9.89. The maximum atomic E-state index is 12.1. The molecule has 0 spiro atoms. The number of para-hydroxylation sites is 1. The smallest absolute Gasteiger partial charge is 0.227 e. The van der Waals surface area contributed by atoms with E-state index in [0.717, 1.165) is 54.6 Å². The number of aromatic amines is 1. The Labute approximate surface area is 152 Å². The van der Waals surface area contributed by atoms with E-state index in [1.54, 1.807) is 0 Å². The molecule has 0 fully saturated rings. The van der Waals surface area contributed by atoms with Crippen LogP contribution in [0.1, 0.15) is 62.0 Å². The van der Waals surface area contributed by atoms with Gasteiger partial charge in [-0.2, -0.15) is 0 Å². The standard InChI is InChI=1S/C21H25NO4/c1-2-3-4-5-9-16(17-12-22-18-10-7-6-8-15(17)18)21-20(25)19(24)11-14(13-23)26-21/h6-8,10-12,16,22-23,25H,2-5,9,13H2,1H3. The highest BCUT2D eigenvalue weighted by Crippen LogP contribution is 2.37. The molecule has 0 aliphatic rings. The molecule has 0 saturated carbocycles. The molecule has 0 aliphatic heterocycles. The Morgan fingerprint density at radius 3 is 2.77 bits per heavy atom. The highest BCUT2D eigenvalue weighted by atomic mass is 16.4. The van der Waals surface area contributed by atoms with Crippen LogP contribution in [0.2, 0.25) is 0 Å². The zero-order valence-corrected chi connectivity index (χ0v) is 15.0. The van der Waals surface area contributed by atoms with Crippen molar-refractivity contribution >= 4 is 10.9 Å². The van der Waals surface area contributed by atoms with Gasteiger partial charge in [-0.3, -0.25) is 4.79 Å². The van der Waals surface area contributed by atoms with Gasteiger partial charge < -0.3 is 19.6 Å². The van der Waals surface area contributed by atoms with Crippen molar-refractivity contribution in [2.24, 2.45) is 0 Å². The van der Waals surface area contributed by atoms with Crippen molar-refractivity contribution in [3.8, 4) is 5.75 Å². The summed E-state index contributed by atoms with van der Waals surface area (Å²) in [6.07, 6.45) is 7.00. The van der Waals surface area contributed by atoms with Crippen molar-refractivity contribution in [2.45, 2.75) is 51.6 Å². The Morgan fingerprint density at radius 2 is 2.00 bits per heavy atom. The second-order valence-electron chi connectivity index (χ2n) is 6.64. The van der Waals surface area contributed by atoms with Gasteiger partial charge in [0.25, 0.3) is 0 Å². The van der Waals surface area contributed by atoms with Crippen LogP contribution in [0.25, 0.3) is 10.9 Å². The number of fused-ring (bicyclic) bond motifs is 1. The number of hydrogen-bond donors (Lipinski definition) is 3. The number of nitrogens with one attached hydrogen (secondary N) is 1. The Morgan fingerprint density at radius 1 is 1.19 bits per heavy atom. The SMILES string of the molecule is CCCCCCC(c1oc(CO)cc(=O)c1O)c1c[nH]c2ccccc12. The van der Waals surface area contributed by atoms with Crippen LogP contribution in [0, 0.1) is 0 Å². The van der Waals surface area contributed by atoms with Crippen LogP contribution in [-0.4, -0.2) is 15.2 Å². The number of aliphatic hydroxyl groups excluding tert-OH is 1. The number of aromatic hydroxyl groups is 1. The Hall–Kier alpha value is -2.53. The molecule has 3 rings (SSSR count). The van der Waals surface area contributed by atoms with Crippen LogP contribution < -0.4 is 5.43 Å². The molecule has 3 N–H and O–H groups in total. The molecular weight excluding hydrogens is 330 g/mol. The molecule has 0 radical (unpaired) electrons. The first-order valence-corrected chi connectivity index (χ1v) is 9.18. The summed E-state index contributed by atoms with van der Waals surface area (Å²) < 4.78 is 5.72. The zero-order valence-electron chi connectivity index (χ0n) is 15.0. The summed E-state index contributed by atoms with van der Waals surface area (Å²) in [6, 6.07) is 9.08. The van der Waals surface area contributed by atoms with Crippen LogP contribution in [0.15, 0.2) is 45.7 Å². The summed E-state index contributed by atoms with van der Waals surface area (Å²) in [4.78, 5) is 15.4. The van der Waals surface area contributed by atoms with Crippen molar-refractivity contribution in [1.82, 2.24) is 4.98 Å². The predicted molar refractivity (Wildman–Crippen MR) is 101 cm³/mol. The minimum absolute atomic E-state index is 0.168. The highest BCUT2D eigenvalue weighted by molar-refractivity contribution is 5.84. The molecule has 1 unspecified atom stereocenters. The first kappa shape index (κ1) is 18.3. The Balaban J connectivity index is 2.07. The average molecular weight is 355 g/mol. The van der Waals surface area contributed by atoms with Crippen LogP contribution >= 0.6 is 0 Å². The fourth-order valence-corrected chi connectivity index (χ4v) is 3.45. The molecule has 3 aromatic rings. The third-order valence-corrected chi connectivity index (χ3v) is 4.82. The molecule has 138 valence electrons. The summed E-state index contributed by atoms with van der Waals surface area (Å²) in [5.74, 6) is -0.209. The third-order valence-electron chi connectivity index (χ3n) is 4.82. The first-order valence-electron chi connectivity index (χ1n) is 9.18. The molecule has 0 amide bonds. The van der Waals surface area contributed by atoms with Crippen LogP contribution in [0.5, 0.6) is 5.75 Å². The lowest BCUT2D eigenvalue weighted by Gasteiger charge is -2.17. The van der Waals surface area contributed by atoms with Crippen molar-refractivity contribution in [3.63, 3.8) is 0 Å². The number of aromatic nitrogens is 1. The van der Waals surface area contributed by atoms with E-state index in [1.165, 1.54) is 0 Å². The van der Waals surface area contributed by atoms with E-state index in [9.17, 15) is 15.0 Å². The maximum absolute atomic E-state index is 12.1. The molecule has 5 heteroatoms. The van der Waals surface area contributed by atoms with Gasteiger partial charge in [-0.25, -0.2) is 0 Å². The van der Waals surface area contributed by atoms with E-state index in [1.807, 2.05) is 30.5 Å². The summed E-state index contributed by atoms with van der Waals surface area (Å²) >= 11 is 0. The number of hydrogen-bond acceptors (Lipinski definition) is 4. The highest BCUT2D eigenvalue weighted by Gasteiger charge is 2.25. The van der Waals surface area contributed by atoms with Gasteiger partial charge in [0.2, 0.25) is 11.2 Å². The van der Waals surface area contributed by atoms with Crippen molar-refractivity contribution in [1.29, 1.82) is 0 Å². The second-order valence-corrected chi connectivity index (χ2v) is 6.64. The van der Waals surface area contributed by atoms with E-state index in [2.05, 4.69) is 11.9 Å². The average Bonchev–Trinajstić information content (AvgIpc) is 3.08. The summed E-state index contributed by atoms with van der Waals surface area (Å²) in [5, 5.41) is 20.8. The van der Waals surface area contributed by atoms with Gasteiger partial charge in [-0.1, -0.05) is 50.8 Å². The van der Waals surface area contributed by atoms with Gasteiger partial charge in [-0.05, 0) is 18.1 Å². The van der Waals surface area contributed by atoms with E-state index in [-0.39, 0.29) is 29.8 Å². The van der Waals surface area contributed by atoms with Gasteiger partial charge in [0.1, 0.15) is 12.4 Å². The topological polar surface area (TPSA) is 86.5 Å². The molecule has 0 aliphatic carbocycles. The molecule has 26 heavy (non-hydrogen) atoms. The fraction of sp³-hybridized carbons (Fsp3) is 0.381. The second kappa shape index (κ2) is 8.23.